The van der Waals surface area contributed by atoms with Gasteiger partial charge in [-0.15, -0.1) is 0 Å². The lowest BCUT2D eigenvalue weighted by Crippen LogP contribution is -2.27. The molecule has 0 saturated heterocycles. The van der Waals surface area contributed by atoms with Crippen LogP contribution in [0.2, 0.25) is 0 Å². The first-order chi connectivity index (χ1) is 8.75. The van der Waals surface area contributed by atoms with Crippen molar-refractivity contribution in [1.82, 2.24) is 0 Å². The van der Waals surface area contributed by atoms with E-state index in [1.54, 1.807) is 24.3 Å². The maximum absolute atomic E-state index is 12.0. The fraction of sp³-hybridized carbons (Fsp3) is 0.500. The molecule has 0 spiro atoms. The van der Waals surface area contributed by atoms with E-state index >= 15 is 0 Å². The van der Waals surface area contributed by atoms with E-state index in [2.05, 4.69) is 5.32 Å². The highest BCUT2D eigenvalue weighted by atomic mass is 16.2. The molecular formula is C16H23NO2. The molecule has 1 atom stereocenters. The van der Waals surface area contributed by atoms with Crippen molar-refractivity contribution in [2.24, 2.45) is 11.3 Å². The van der Waals surface area contributed by atoms with Crippen molar-refractivity contribution >= 4 is 17.4 Å². The predicted molar refractivity (Wildman–Crippen MR) is 78.3 cm³/mol. The zero-order valence-electron chi connectivity index (χ0n) is 12.4. The third-order valence-corrected chi connectivity index (χ3v) is 3.17. The number of hydrogen-bond donors (Lipinski definition) is 1. The molecule has 3 heteroatoms. The minimum absolute atomic E-state index is 0.0338. The van der Waals surface area contributed by atoms with E-state index in [0.29, 0.717) is 5.56 Å². The number of anilines is 1. The van der Waals surface area contributed by atoms with Crippen LogP contribution in [0, 0.1) is 11.3 Å². The lowest BCUT2D eigenvalue weighted by molar-refractivity contribution is -0.123. The summed E-state index contributed by atoms with van der Waals surface area (Å²) in [5, 5.41) is 2.84. The van der Waals surface area contributed by atoms with Crippen molar-refractivity contribution in [3.8, 4) is 0 Å². The van der Waals surface area contributed by atoms with Crippen molar-refractivity contribution in [3.05, 3.63) is 29.8 Å². The van der Waals surface area contributed by atoms with E-state index in [9.17, 15) is 9.59 Å². The standard InChI is InChI=1S/C16H23NO2/c1-6-11(2)14(18)12-7-9-13(10-8-12)17-15(19)16(3,4)5/h7-11H,6H2,1-5H3,(H,17,19)/t11-/m0/s1. The zero-order chi connectivity index (χ0) is 14.6. The van der Waals surface area contributed by atoms with Gasteiger partial charge < -0.3 is 5.32 Å². The molecule has 104 valence electrons. The van der Waals surface area contributed by atoms with Gasteiger partial charge in [0, 0.05) is 22.6 Å². The molecule has 0 fully saturated rings. The highest BCUT2D eigenvalue weighted by Crippen LogP contribution is 2.19. The Balaban J connectivity index is 2.78. The van der Waals surface area contributed by atoms with Gasteiger partial charge in [0.15, 0.2) is 5.78 Å². The Morgan fingerprint density at radius 1 is 1.16 bits per heavy atom. The molecule has 1 N–H and O–H groups in total. The second kappa shape index (κ2) is 6.00. The second-order valence-electron chi connectivity index (χ2n) is 5.96. The van der Waals surface area contributed by atoms with Gasteiger partial charge in [-0.1, -0.05) is 34.6 Å². The van der Waals surface area contributed by atoms with Crippen LogP contribution in [-0.4, -0.2) is 11.7 Å². The molecule has 1 rings (SSSR count). The summed E-state index contributed by atoms with van der Waals surface area (Å²) in [5.74, 6) is 0.153. The fourth-order valence-corrected chi connectivity index (χ4v) is 1.51. The minimum atomic E-state index is -0.425. The number of carbonyl (C=O) groups excluding carboxylic acids is 2. The number of rotatable bonds is 4. The molecule has 0 aliphatic rings. The summed E-state index contributed by atoms with van der Waals surface area (Å²) in [4.78, 5) is 23.8. The topological polar surface area (TPSA) is 46.2 Å². The van der Waals surface area contributed by atoms with Gasteiger partial charge in [0.25, 0.3) is 0 Å². The second-order valence-corrected chi connectivity index (χ2v) is 5.96. The van der Waals surface area contributed by atoms with Gasteiger partial charge >= 0.3 is 0 Å². The molecule has 3 nitrogen and oxygen atoms in total. The van der Waals surface area contributed by atoms with E-state index in [-0.39, 0.29) is 17.6 Å². The number of ketones is 1. The molecule has 0 aliphatic carbocycles. The van der Waals surface area contributed by atoms with Crippen molar-refractivity contribution in [2.75, 3.05) is 5.32 Å². The zero-order valence-corrected chi connectivity index (χ0v) is 12.4. The van der Waals surface area contributed by atoms with Crippen molar-refractivity contribution in [1.29, 1.82) is 0 Å². The predicted octanol–water partition coefficient (Wildman–Crippen LogP) is 3.90. The summed E-state index contributed by atoms with van der Waals surface area (Å²) >= 11 is 0. The lowest BCUT2D eigenvalue weighted by atomic mass is 9.95. The van der Waals surface area contributed by atoms with E-state index < -0.39 is 5.41 Å². The SMILES string of the molecule is CC[C@H](C)C(=O)c1ccc(NC(=O)C(C)(C)C)cc1. The Bertz CT molecular complexity index is 455. The normalized spacial score (nSPS) is 12.9. The molecule has 0 saturated carbocycles. The van der Waals surface area contributed by atoms with Gasteiger partial charge in [0.05, 0.1) is 0 Å². The van der Waals surface area contributed by atoms with Crippen LogP contribution >= 0.6 is 0 Å². The Labute approximate surface area is 115 Å². The molecule has 0 bridgehead atoms. The molecule has 19 heavy (non-hydrogen) atoms. The van der Waals surface area contributed by atoms with Gasteiger partial charge in [-0.25, -0.2) is 0 Å². The fourth-order valence-electron chi connectivity index (χ4n) is 1.51. The number of Topliss-reactive ketones (excluding diaryl/α,β-unsaturated/α-hetero) is 1. The summed E-state index contributed by atoms with van der Waals surface area (Å²) in [6.45, 7) is 9.52. The van der Waals surface area contributed by atoms with Crippen LogP contribution in [0.15, 0.2) is 24.3 Å². The summed E-state index contributed by atoms with van der Waals surface area (Å²) < 4.78 is 0. The molecule has 0 unspecified atom stereocenters. The van der Waals surface area contributed by atoms with Gasteiger partial charge in [-0.2, -0.15) is 0 Å². The maximum atomic E-state index is 12.0. The van der Waals surface area contributed by atoms with Gasteiger partial charge in [0.1, 0.15) is 0 Å². The first kappa shape index (κ1) is 15.4. The minimum Gasteiger partial charge on any atom is -0.326 e. The summed E-state index contributed by atoms with van der Waals surface area (Å²) in [6.07, 6.45) is 0.835. The third kappa shape index (κ3) is 4.19. The van der Waals surface area contributed by atoms with E-state index in [0.717, 1.165) is 12.1 Å². The number of hydrogen-bond acceptors (Lipinski definition) is 2. The van der Waals surface area contributed by atoms with Crippen LogP contribution in [0.5, 0.6) is 0 Å². The number of amides is 1. The van der Waals surface area contributed by atoms with Gasteiger partial charge in [-0.3, -0.25) is 9.59 Å². The summed E-state index contributed by atoms with van der Waals surface area (Å²) in [7, 11) is 0. The average Bonchev–Trinajstić information content (AvgIpc) is 2.36. The number of nitrogens with one attached hydrogen (secondary N) is 1. The van der Waals surface area contributed by atoms with Gasteiger partial charge in [-0.05, 0) is 30.7 Å². The van der Waals surface area contributed by atoms with Crippen LogP contribution in [0.25, 0.3) is 0 Å². The quantitative estimate of drug-likeness (QED) is 0.835. The van der Waals surface area contributed by atoms with Crippen molar-refractivity contribution < 1.29 is 9.59 Å². The van der Waals surface area contributed by atoms with E-state index in [1.807, 2.05) is 34.6 Å². The average molecular weight is 261 g/mol. The number of carbonyl (C=O) groups is 2. The highest BCUT2D eigenvalue weighted by Gasteiger charge is 2.21. The Morgan fingerprint density at radius 2 is 1.68 bits per heavy atom. The van der Waals surface area contributed by atoms with Crippen LogP contribution < -0.4 is 5.32 Å². The van der Waals surface area contributed by atoms with Crippen molar-refractivity contribution in [2.45, 2.75) is 41.0 Å². The monoisotopic (exact) mass is 261 g/mol. The highest BCUT2D eigenvalue weighted by molar-refractivity contribution is 5.99. The molecule has 1 amide bonds. The van der Waals surface area contributed by atoms with Gasteiger partial charge in [0.2, 0.25) is 5.91 Å². The molecule has 0 aliphatic heterocycles. The summed E-state index contributed by atoms with van der Waals surface area (Å²) in [6, 6.07) is 7.10. The smallest absolute Gasteiger partial charge is 0.229 e. The molecule has 0 radical (unpaired) electrons. The molecule has 1 aromatic rings. The van der Waals surface area contributed by atoms with Crippen LogP contribution in [-0.2, 0) is 4.79 Å². The lowest BCUT2D eigenvalue weighted by Gasteiger charge is -2.17. The molecule has 0 heterocycles. The maximum Gasteiger partial charge on any atom is 0.229 e. The Hall–Kier alpha value is -1.64. The van der Waals surface area contributed by atoms with Crippen LogP contribution in [0.3, 0.4) is 0 Å². The Kier molecular flexibility index (Phi) is 4.87. The first-order valence-corrected chi connectivity index (χ1v) is 6.71. The largest absolute Gasteiger partial charge is 0.326 e. The molecular weight excluding hydrogens is 238 g/mol. The molecule has 1 aromatic carbocycles. The van der Waals surface area contributed by atoms with Crippen molar-refractivity contribution in [3.63, 3.8) is 0 Å². The molecule has 0 aromatic heterocycles. The van der Waals surface area contributed by atoms with E-state index in [4.69, 9.17) is 0 Å². The van der Waals surface area contributed by atoms with Crippen LogP contribution in [0.1, 0.15) is 51.4 Å². The van der Waals surface area contributed by atoms with Crippen LogP contribution in [0.4, 0.5) is 5.69 Å². The summed E-state index contributed by atoms with van der Waals surface area (Å²) in [5.41, 5.74) is 0.995. The third-order valence-electron chi connectivity index (χ3n) is 3.17. The first-order valence-electron chi connectivity index (χ1n) is 6.71. The Morgan fingerprint density at radius 3 is 2.11 bits per heavy atom. The van der Waals surface area contributed by atoms with E-state index in [1.165, 1.54) is 0 Å². The number of benzene rings is 1.